The molecule has 0 spiro atoms. The Balaban J connectivity index is 1.62. The van der Waals surface area contributed by atoms with E-state index in [2.05, 4.69) is 5.32 Å². The largest absolute Gasteiger partial charge is 0.492 e. The number of hydrogen-bond donors (Lipinski definition) is 1. The number of ether oxygens (including phenoxy) is 1. The van der Waals surface area contributed by atoms with E-state index in [0.29, 0.717) is 30.8 Å². The average Bonchev–Trinajstić information content (AvgIpc) is 3.00. The van der Waals surface area contributed by atoms with Gasteiger partial charge in [-0.05, 0) is 37.1 Å². The minimum absolute atomic E-state index is 0.113. The molecule has 21 heavy (non-hydrogen) atoms. The molecule has 0 radical (unpaired) electrons. The van der Waals surface area contributed by atoms with Gasteiger partial charge in [0.05, 0.1) is 13.1 Å². The highest BCUT2D eigenvalue weighted by molar-refractivity contribution is 6.30. The molecule has 116 valence electrons. The molecule has 0 saturated heterocycles. The molecule has 0 atom stereocenters. The smallest absolute Gasteiger partial charge is 0.236 e. The molecule has 1 aliphatic carbocycles. The van der Waals surface area contributed by atoms with Crippen LogP contribution in [-0.4, -0.2) is 43.6 Å². The molecule has 1 N–H and O–H groups in total. The molecule has 4 nitrogen and oxygen atoms in total. The Morgan fingerprint density at radius 1 is 1.33 bits per heavy atom. The van der Waals surface area contributed by atoms with Crippen molar-refractivity contribution in [3.63, 3.8) is 0 Å². The first-order chi connectivity index (χ1) is 10.1. The monoisotopic (exact) mass is 310 g/mol. The quantitative estimate of drug-likeness (QED) is 0.842. The highest BCUT2D eigenvalue weighted by Crippen LogP contribution is 2.17. The second-order valence-electron chi connectivity index (χ2n) is 5.48. The van der Waals surface area contributed by atoms with E-state index >= 15 is 0 Å². The van der Waals surface area contributed by atoms with E-state index in [9.17, 15) is 4.79 Å². The van der Waals surface area contributed by atoms with Crippen molar-refractivity contribution in [1.29, 1.82) is 0 Å². The third kappa shape index (κ3) is 5.56. The maximum atomic E-state index is 12.0. The fourth-order valence-electron chi connectivity index (χ4n) is 2.45. The minimum atomic E-state index is 0.113. The van der Waals surface area contributed by atoms with Gasteiger partial charge >= 0.3 is 0 Å². The summed E-state index contributed by atoms with van der Waals surface area (Å²) in [4.78, 5) is 13.7. The van der Waals surface area contributed by atoms with Crippen molar-refractivity contribution < 1.29 is 9.53 Å². The summed E-state index contributed by atoms with van der Waals surface area (Å²) in [5, 5.41) is 4.02. The van der Waals surface area contributed by atoms with Crippen LogP contribution in [0, 0.1) is 0 Å². The predicted octanol–water partition coefficient (Wildman–Crippen LogP) is 2.71. The Hall–Kier alpha value is -1.26. The zero-order chi connectivity index (χ0) is 15.1. The van der Waals surface area contributed by atoms with Crippen molar-refractivity contribution in [3.8, 4) is 5.75 Å². The van der Waals surface area contributed by atoms with Crippen LogP contribution >= 0.6 is 11.6 Å². The Kier molecular flexibility index (Phi) is 6.33. The van der Waals surface area contributed by atoms with Crippen molar-refractivity contribution in [2.75, 3.05) is 26.7 Å². The summed E-state index contributed by atoms with van der Waals surface area (Å²) >= 11 is 5.81. The number of carbonyl (C=O) groups excluding carboxylic acids is 1. The van der Waals surface area contributed by atoms with Gasteiger partial charge in [-0.2, -0.15) is 0 Å². The van der Waals surface area contributed by atoms with Crippen LogP contribution in [0.2, 0.25) is 5.02 Å². The van der Waals surface area contributed by atoms with Gasteiger partial charge in [-0.15, -0.1) is 0 Å². The van der Waals surface area contributed by atoms with Crippen molar-refractivity contribution >= 4 is 17.5 Å². The van der Waals surface area contributed by atoms with Gasteiger partial charge in [-0.3, -0.25) is 4.79 Å². The molecule has 0 heterocycles. The molecule has 1 aromatic carbocycles. The molecule has 1 amide bonds. The predicted molar refractivity (Wildman–Crippen MR) is 84.8 cm³/mol. The first-order valence-electron chi connectivity index (χ1n) is 7.51. The van der Waals surface area contributed by atoms with Crippen LogP contribution in [0.1, 0.15) is 25.7 Å². The number of nitrogens with one attached hydrogen (secondary N) is 1. The van der Waals surface area contributed by atoms with Crippen LogP contribution in [0.4, 0.5) is 0 Å². The lowest BCUT2D eigenvalue weighted by Crippen LogP contribution is -2.40. The summed E-state index contributed by atoms with van der Waals surface area (Å²) in [5.74, 6) is 0.880. The summed E-state index contributed by atoms with van der Waals surface area (Å²) in [6.07, 6.45) is 4.93. The van der Waals surface area contributed by atoms with Gasteiger partial charge in [0.1, 0.15) is 12.4 Å². The number of carbonyl (C=O) groups is 1. The van der Waals surface area contributed by atoms with Crippen molar-refractivity contribution in [2.24, 2.45) is 0 Å². The number of amides is 1. The maximum Gasteiger partial charge on any atom is 0.236 e. The summed E-state index contributed by atoms with van der Waals surface area (Å²) in [6.45, 7) is 1.48. The third-order valence-electron chi connectivity index (χ3n) is 3.83. The van der Waals surface area contributed by atoms with Crippen LogP contribution < -0.4 is 10.1 Å². The van der Waals surface area contributed by atoms with E-state index in [1.54, 1.807) is 17.0 Å². The molecule has 0 aromatic heterocycles. The lowest BCUT2D eigenvalue weighted by atomic mass is 10.2. The summed E-state index contributed by atoms with van der Waals surface area (Å²) in [5.41, 5.74) is 0. The van der Waals surface area contributed by atoms with Gasteiger partial charge in [0, 0.05) is 18.1 Å². The summed E-state index contributed by atoms with van der Waals surface area (Å²) < 4.78 is 5.59. The van der Waals surface area contributed by atoms with Crippen molar-refractivity contribution in [3.05, 3.63) is 29.3 Å². The Bertz CT molecular complexity index is 444. The van der Waals surface area contributed by atoms with E-state index in [1.165, 1.54) is 25.7 Å². The van der Waals surface area contributed by atoms with Crippen LogP contribution in [0.25, 0.3) is 0 Å². The lowest BCUT2D eigenvalue weighted by molar-refractivity contribution is -0.129. The second kappa shape index (κ2) is 8.25. The van der Waals surface area contributed by atoms with E-state index < -0.39 is 0 Å². The average molecular weight is 311 g/mol. The minimum Gasteiger partial charge on any atom is -0.492 e. The first-order valence-corrected chi connectivity index (χ1v) is 7.88. The number of rotatable bonds is 7. The van der Waals surface area contributed by atoms with Gasteiger partial charge in [0.25, 0.3) is 0 Å². The number of benzene rings is 1. The van der Waals surface area contributed by atoms with Gasteiger partial charge < -0.3 is 15.0 Å². The molecule has 1 aromatic rings. The number of halogens is 1. The molecule has 1 saturated carbocycles. The van der Waals surface area contributed by atoms with Gasteiger partial charge in [0.2, 0.25) is 5.91 Å². The fourth-order valence-corrected chi connectivity index (χ4v) is 2.58. The Labute approximate surface area is 131 Å². The molecule has 2 rings (SSSR count). The van der Waals surface area contributed by atoms with Gasteiger partial charge in [-0.1, -0.05) is 24.4 Å². The van der Waals surface area contributed by atoms with E-state index in [4.69, 9.17) is 16.3 Å². The molecule has 0 unspecified atom stereocenters. The lowest BCUT2D eigenvalue weighted by Gasteiger charge is -2.19. The summed E-state index contributed by atoms with van der Waals surface area (Å²) in [6, 6.07) is 7.75. The zero-order valence-corrected chi connectivity index (χ0v) is 13.2. The summed E-state index contributed by atoms with van der Waals surface area (Å²) in [7, 11) is 1.81. The van der Waals surface area contributed by atoms with Crippen molar-refractivity contribution in [2.45, 2.75) is 31.7 Å². The van der Waals surface area contributed by atoms with Gasteiger partial charge in [-0.25, -0.2) is 0 Å². The van der Waals surface area contributed by atoms with Crippen molar-refractivity contribution in [1.82, 2.24) is 10.2 Å². The molecule has 0 bridgehead atoms. The highest BCUT2D eigenvalue weighted by Gasteiger charge is 2.16. The zero-order valence-electron chi connectivity index (χ0n) is 12.5. The maximum absolute atomic E-state index is 12.0. The molecule has 5 heteroatoms. The van der Waals surface area contributed by atoms with E-state index in [-0.39, 0.29) is 5.91 Å². The van der Waals surface area contributed by atoms with Crippen LogP contribution in [0.15, 0.2) is 24.3 Å². The topological polar surface area (TPSA) is 41.6 Å². The molecule has 1 aliphatic rings. The standard InChI is InChI=1S/C16H23ClN2O2/c1-19(16(20)12-18-14-4-2-3-5-14)10-11-21-15-8-6-13(17)7-9-15/h6-9,14,18H,2-5,10-12H2,1H3. The van der Waals surface area contributed by atoms with Crippen LogP contribution in [0.3, 0.4) is 0 Å². The molecule has 0 aliphatic heterocycles. The SMILES string of the molecule is CN(CCOc1ccc(Cl)cc1)C(=O)CNC1CCCC1. The van der Waals surface area contributed by atoms with Gasteiger partial charge in [0.15, 0.2) is 0 Å². The highest BCUT2D eigenvalue weighted by atomic mass is 35.5. The molecular weight excluding hydrogens is 288 g/mol. The Morgan fingerprint density at radius 2 is 2.00 bits per heavy atom. The third-order valence-corrected chi connectivity index (χ3v) is 4.08. The Morgan fingerprint density at radius 3 is 2.67 bits per heavy atom. The number of nitrogens with zero attached hydrogens (tertiary/aromatic N) is 1. The van der Waals surface area contributed by atoms with E-state index in [0.717, 1.165) is 5.75 Å². The number of likely N-dealkylation sites (N-methyl/N-ethyl adjacent to an activating group) is 1. The van der Waals surface area contributed by atoms with E-state index in [1.807, 2.05) is 19.2 Å². The van der Waals surface area contributed by atoms with Crippen LogP contribution in [-0.2, 0) is 4.79 Å². The first kappa shape index (κ1) is 16.1. The second-order valence-corrected chi connectivity index (χ2v) is 5.92. The fraction of sp³-hybridized carbons (Fsp3) is 0.562. The normalized spacial score (nSPS) is 15.1. The number of hydrogen-bond acceptors (Lipinski definition) is 3. The van der Waals surface area contributed by atoms with Crippen LogP contribution in [0.5, 0.6) is 5.75 Å². The molecular formula is C16H23ClN2O2. The molecule has 1 fully saturated rings.